The van der Waals surface area contributed by atoms with Crippen molar-refractivity contribution in [1.82, 2.24) is 4.90 Å². The van der Waals surface area contributed by atoms with Crippen molar-refractivity contribution in [2.45, 2.75) is 5.92 Å². The third-order valence-electron chi connectivity index (χ3n) is 3.18. The minimum absolute atomic E-state index is 0.0673. The van der Waals surface area contributed by atoms with E-state index in [4.69, 9.17) is 23.2 Å². The third-order valence-corrected chi connectivity index (χ3v) is 3.74. The van der Waals surface area contributed by atoms with Crippen molar-refractivity contribution < 1.29 is 9.90 Å². The number of rotatable bonds is 2. The number of likely N-dealkylation sites (N-methyl/N-ethyl adjacent to an activating group) is 1. The summed E-state index contributed by atoms with van der Waals surface area (Å²) < 4.78 is 0. The second kappa shape index (κ2) is 4.84. The maximum atomic E-state index is 11.2. The van der Waals surface area contributed by atoms with Crippen LogP contribution in [-0.2, 0) is 4.79 Å². The number of likely N-dealkylation sites (tertiary alicyclic amines) is 1. The standard InChI is InChI=1S/C12H13Cl2NO2/c1-15-5-9(10(6-15)12(16)17)8-3-2-7(13)4-11(8)14/h2-4,9-10H,5-6H2,1H3,(H,16,17)/t9-,10+/m0/s1. The number of benzene rings is 1. The fraction of sp³-hybridized carbons (Fsp3) is 0.417. The molecule has 0 bridgehead atoms. The van der Waals surface area contributed by atoms with Gasteiger partial charge >= 0.3 is 5.97 Å². The second-order valence-electron chi connectivity index (χ2n) is 4.44. The summed E-state index contributed by atoms with van der Waals surface area (Å²) in [5, 5.41) is 10.3. The van der Waals surface area contributed by atoms with E-state index in [1.807, 2.05) is 18.0 Å². The molecule has 1 N–H and O–H groups in total. The van der Waals surface area contributed by atoms with Crippen LogP contribution in [0.15, 0.2) is 18.2 Å². The molecule has 1 aliphatic rings. The molecule has 1 saturated heterocycles. The Morgan fingerprint density at radius 2 is 2.12 bits per heavy atom. The number of hydrogen-bond acceptors (Lipinski definition) is 2. The monoisotopic (exact) mass is 273 g/mol. The Balaban J connectivity index is 2.34. The zero-order valence-electron chi connectivity index (χ0n) is 9.36. The summed E-state index contributed by atoms with van der Waals surface area (Å²) in [6.07, 6.45) is 0. The lowest BCUT2D eigenvalue weighted by molar-refractivity contribution is -0.141. The van der Waals surface area contributed by atoms with Crippen LogP contribution < -0.4 is 0 Å². The zero-order valence-corrected chi connectivity index (χ0v) is 10.9. The smallest absolute Gasteiger partial charge is 0.308 e. The molecule has 92 valence electrons. The van der Waals surface area contributed by atoms with Crippen molar-refractivity contribution in [2.75, 3.05) is 20.1 Å². The maximum absolute atomic E-state index is 11.2. The van der Waals surface area contributed by atoms with Crippen LogP contribution in [-0.4, -0.2) is 36.1 Å². The van der Waals surface area contributed by atoms with Gasteiger partial charge in [-0.1, -0.05) is 29.3 Å². The van der Waals surface area contributed by atoms with E-state index in [1.54, 1.807) is 12.1 Å². The average Bonchev–Trinajstić information content (AvgIpc) is 2.60. The predicted molar refractivity (Wildman–Crippen MR) is 67.8 cm³/mol. The van der Waals surface area contributed by atoms with Gasteiger partial charge in [0.25, 0.3) is 0 Å². The predicted octanol–water partition coefficient (Wildman–Crippen LogP) is 2.72. The molecule has 5 heteroatoms. The van der Waals surface area contributed by atoms with Crippen molar-refractivity contribution in [3.05, 3.63) is 33.8 Å². The first-order valence-corrected chi connectivity index (χ1v) is 6.11. The van der Waals surface area contributed by atoms with E-state index >= 15 is 0 Å². The van der Waals surface area contributed by atoms with E-state index in [0.717, 1.165) is 5.56 Å². The average molecular weight is 274 g/mol. The Morgan fingerprint density at radius 1 is 1.41 bits per heavy atom. The van der Waals surface area contributed by atoms with Crippen LogP contribution in [0.25, 0.3) is 0 Å². The van der Waals surface area contributed by atoms with Crippen LogP contribution in [0.2, 0.25) is 10.0 Å². The topological polar surface area (TPSA) is 40.5 Å². The fourth-order valence-corrected chi connectivity index (χ4v) is 2.92. The summed E-state index contributed by atoms with van der Waals surface area (Å²) in [7, 11) is 1.92. The van der Waals surface area contributed by atoms with Gasteiger partial charge in [-0.3, -0.25) is 4.79 Å². The summed E-state index contributed by atoms with van der Waals surface area (Å²) >= 11 is 12.0. The number of nitrogens with zero attached hydrogens (tertiary/aromatic N) is 1. The van der Waals surface area contributed by atoms with Crippen LogP contribution >= 0.6 is 23.2 Å². The molecule has 1 aromatic carbocycles. The highest BCUT2D eigenvalue weighted by atomic mass is 35.5. The van der Waals surface area contributed by atoms with Gasteiger partial charge in [0.1, 0.15) is 0 Å². The number of carboxylic acids is 1. The third kappa shape index (κ3) is 2.57. The van der Waals surface area contributed by atoms with Gasteiger partial charge in [0.15, 0.2) is 0 Å². The SMILES string of the molecule is CN1C[C@@H](C(=O)O)[C@H](c2ccc(Cl)cc2Cl)C1. The summed E-state index contributed by atoms with van der Waals surface area (Å²) in [6, 6.07) is 5.24. The van der Waals surface area contributed by atoms with Crippen LogP contribution in [0.4, 0.5) is 0 Å². The van der Waals surface area contributed by atoms with Crippen LogP contribution in [0.5, 0.6) is 0 Å². The van der Waals surface area contributed by atoms with Crippen LogP contribution in [0.3, 0.4) is 0 Å². The number of hydrogen-bond donors (Lipinski definition) is 1. The molecule has 1 aromatic rings. The maximum Gasteiger partial charge on any atom is 0.308 e. The van der Waals surface area contributed by atoms with Gasteiger partial charge in [0.05, 0.1) is 5.92 Å². The molecule has 0 spiro atoms. The lowest BCUT2D eigenvalue weighted by Crippen LogP contribution is -2.21. The molecule has 1 heterocycles. The molecular formula is C12H13Cl2NO2. The van der Waals surface area contributed by atoms with E-state index in [0.29, 0.717) is 23.1 Å². The molecule has 0 saturated carbocycles. The van der Waals surface area contributed by atoms with Crippen molar-refractivity contribution >= 4 is 29.2 Å². The highest BCUT2D eigenvalue weighted by Crippen LogP contribution is 2.36. The summed E-state index contributed by atoms with van der Waals surface area (Å²) in [5.74, 6) is -1.24. The van der Waals surface area contributed by atoms with E-state index in [1.165, 1.54) is 0 Å². The van der Waals surface area contributed by atoms with Gasteiger partial charge in [-0.05, 0) is 24.7 Å². The van der Waals surface area contributed by atoms with Crippen LogP contribution in [0, 0.1) is 5.92 Å². The lowest BCUT2D eigenvalue weighted by Gasteiger charge is -2.16. The fourth-order valence-electron chi connectivity index (χ4n) is 2.37. The highest BCUT2D eigenvalue weighted by molar-refractivity contribution is 6.35. The lowest BCUT2D eigenvalue weighted by atomic mass is 9.89. The Hall–Kier alpha value is -0.770. The first kappa shape index (κ1) is 12.7. The Bertz CT molecular complexity index is 450. The quantitative estimate of drug-likeness (QED) is 0.901. The van der Waals surface area contributed by atoms with Gasteiger partial charge < -0.3 is 10.0 Å². The Kier molecular flexibility index (Phi) is 3.61. The highest BCUT2D eigenvalue weighted by Gasteiger charge is 2.37. The molecule has 1 fully saturated rings. The number of aliphatic carboxylic acids is 1. The molecule has 3 nitrogen and oxygen atoms in total. The van der Waals surface area contributed by atoms with Crippen molar-refractivity contribution in [2.24, 2.45) is 5.92 Å². The molecule has 0 radical (unpaired) electrons. The minimum atomic E-state index is -0.773. The first-order chi connectivity index (χ1) is 7.99. The van der Waals surface area contributed by atoms with Crippen molar-refractivity contribution in [3.63, 3.8) is 0 Å². The Morgan fingerprint density at radius 3 is 2.71 bits per heavy atom. The van der Waals surface area contributed by atoms with Crippen molar-refractivity contribution in [1.29, 1.82) is 0 Å². The normalized spacial score (nSPS) is 25.1. The largest absolute Gasteiger partial charge is 0.481 e. The van der Waals surface area contributed by atoms with Gasteiger partial charge in [-0.25, -0.2) is 0 Å². The molecule has 0 aliphatic carbocycles. The molecule has 2 rings (SSSR count). The van der Waals surface area contributed by atoms with Gasteiger partial charge in [0, 0.05) is 29.1 Å². The van der Waals surface area contributed by atoms with Crippen molar-refractivity contribution in [3.8, 4) is 0 Å². The minimum Gasteiger partial charge on any atom is -0.481 e. The van der Waals surface area contributed by atoms with E-state index in [9.17, 15) is 9.90 Å². The first-order valence-electron chi connectivity index (χ1n) is 5.35. The summed E-state index contributed by atoms with van der Waals surface area (Å²) in [4.78, 5) is 13.2. The molecule has 0 amide bonds. The summed E-state index contributed by atoms with van der Waals surface area (Å²) in [5.41, 5.74) is 0.868. The summed E-state index contributed by atoms with van der Waals surface area (Å²) in [6.45, 7) is 1.26. The van der Waals surface area contributed by atoms with Gasteiger partial charge in [-0.15, -0.1) is 0 Å². The van der Waals surface area contributed by atoms with Gasteiger partial charge in [0.2, 0.25) is 0 Å². The van der Waals surface area contributed by atoms with E-state index in [-0.39, 0.29) is 5.92 Å². The van der Waals surface area contributed by atoms with Crippen LogP contribution in [0.1, 0.15) is 11.5 Å². The number of carboxylic acid groups (broad SMARTS) is 1. The number of carbonyl (C=O) groups is 1. The molecule has 0 unspecified atom stereocenters. The van der Waals surface area contributed by atoms with E-state index < -0.39 is 11.9 Å². The molecule has 2 atom stereocenters. The molecule has 1 aliphatic heterocycles. The zero-order chi connectivity index (χ0) is 12.6. The molecule has 17 heavy (non-hydrogen) atoms. The molecule has 0 aromatic heterocycles. The second-order valence-corrected chi connectivity index (χ2v) is 5.28. The van der Waals surface area contributed by atoms with Gasteiger partial charge in [-0.2, -0.15) is 0 Å². The Labute approximate surface area is 110 Å². The number of halogens is 2. The van der Waals surface area contributed by atoms with E-state index in [2.05, 4.69) is 0 Å². The molecular weight excluding hydrogens is 261 g/mol.